The Labute approximate surface area is 92.4 Å². The number of hydrogen-bond donors (Lipinski definition) is 1. The molecule has 3 heteroatoms. The predicted molar refractivity (Wildman–Crippen MR) is 61.3 cm³/mol. The molecule has 1 aliphatic heterocycles. The minimum atomic E-state index is 0.698. The van der Waals surface area contributed by atoms with Gasteiger partial charge in [-0.15, -0.1) is 0 Å². The Morgan fingerprint density at radius 2 is 1.73 bits per heavy atom. The van der Waals surface area contributed by atoms with Gasteiger partial charge in [0.25, 0.3) is 0 Å². The van der Waals surface area contributed by atoms with Crippen molar-refractivity contribution >= 4 is 23.0 Å². The van der Waals surface area contributed by atoms with Crippen molar-refractivity contribution in [2.45, 2.75) is 0 Å². The highest BCUT2D eigenvalue weighted by molar-refractivity contribution is 6.31. The first-order valence-corrected chi connectivity index (χ1v) is 5.04. The summed E-state index contributed by atoms with van der Waals surface area (Å²) < 4.78 is 5.71. The summed E-state index contributed by atoms with van der Waals surface area (Å²) in [6.45, 7) is 0. The number of ether oxygens (including phenoxy) is 1. The average Bonchev–Trinajstić information content (AvgIpc) is 2.26. The molecule has 0 fully saturated rings. The summed E-state index contributed by atoms with van der Waals surface area (Å²) in [5.41, 5.74) is 1.87. The normalized spacial score (nSPS) is 12.1. The fraction of sp³-hybridized carbons (Fsp3) is 0. The van der Waals surface area contributed by atoms with Crippen LogP contribution < -0.4 is 10.1 Å². The molecule has 0 radical (unpaired) electrons. The van der Waals surface area contributed by atoms with E-state index >= 15 is 0 Å². The van der Waals surface area contributed by atoms with Gasteiger partial charge in [0.2, 0.25) is 0 Å². The monoisotopic (exact) mass is 217 g/mol. The smallest absolute Gasteiger partial charge is 0.151 e. The van der Waals surface area contributed by atoms with Crippen molar-refractivity contribution in [2.24, 2.45) is 0 Å². The van der Waals surface area contributed by atoms with Crippen molar-refractivity contribution in [3.8, 4) is 11.5 Å². The first-order valence-electron chi connectivity index (χ1n) is 4.66. The molecule has 0 atom stereocenters. The molecule has 0 bridgehead atoms. The molecule has 2 aromatic rings. The first-order chi connectivity index (χ1) is 7.33. The van der Waals surface area contributed by atoms with E-state index in [0.29, 0.717) is 5.02 Å². The summed E-state index contributed by atoms with van der Waals surface area (Å²) in [4.78, 5) is 0. The maximum Gasteiger partial charge on any atom is 0.151 e. The summed E-state index contributed by atoms with van der Waals surface area (Å²) in [5, 5.41) is 3.97. The molecule has 3 rings (SSSR count). The molecule has 0 aliphatic carbocycles. The molecule has 2 aromatic carbocycles. The van der Waals surface area contributed by atoms with E-state index in [4.69, 9.17) is 16.3 Å². The second-order valence-electron chi connectivity index (χ2n) is 3.36. The predicted octanol–water partition coefficient (Wildman–Crippen LogP) is 4.19. The second-order valence-corrected chi connectivity index (χ2v) is 3.80. The van der Waals surface area contributed by atoms with Crippen LogP contribution in [0.15, 0.2) is 42.5 Å². The molecule has 0 spiro atoms. The molecule has 0 unspecified atom stereocenters. The molecule has 1 heterocycles. The average molecular weight is 218 g/mol. The molecule has 0 saturated carbocycles. The van der Waals surface area contributed by atoms with E-state index in [1.165, 1.54) is 0 Å². The highest BCUT2D eigenvalue weighted by Crippen LogP contribution is 2.42. The van der Waals surface area contributed by atoms with Crippen molar-refractivity contribution in [3.05, 3.63) is 47.5 Å². The third-order valence-corrected chi connectivity index (χ3v) is 2.55. The van der Waals surface area contributed by atoms with Gasteiger partial charge in [-0.05, 0) is 30.3 Å². The summed E-state index contributed by atoms with van der Waals surface area (Å²) in [7, 11) is 0. The van der Waals surface area contributed by atoms with Gasteiger partial charge in [-0.1, -0.05) is 23.7 Å². The largest absolute Gasteiger partial charge is 0.453 e. The lowest BCUT2D eigenvalue weighted by molar-refractivity contribution is 0.481. The molecular formula is C12H8ClNO. The maximum absolute atomic E-state index is 5.91. The Kier molecular flexibility index (Phi) is 1.82. The molecule has 74 valence electrons. The zero-order chi connectivity index (χ0) is 10.3. The van der Waals surface area contributed by atoms with Gasteiger partial charge in [-0.2, -0.15) is 0 Å². The van der Waals surface area contributed by atoms with Crippen molar-refractivity contribution in [3.63, 3.8) is 0 Å². The fourth-order valence-electron chi connectivity index (χ4n) is 1.61. The van der Waals surface area contributed by atoms with Gasteiger partial charge in [-0.3, -0.25) is 0 Å². The minimum Gasteiger partial charge on any atom is -0.453 e. The van der Waals surface area contributed by atoms with Gasteiger partial charge in [0.15, 0.2) is 11.5 Å². The van der Waals surface area contributed by atoms with Crippen LogP contribution in [0.25, 0.3) is 0 Å². The zero-order valence-electron chi connectivity index (χ0n) is 7.83. The number of rotatable bonds is 0. The van der Waals surface area contributed by atoms with Crippen LogP contribution in [-0.2, 0) is 0 Å². The summed E-state index contributed by atoms with van der Waals surface area (Å²) in [6, 6.07) is 13.3. The van der Waals surface area contributed by atoms with Crippen LogP contribution in [0.5, 0.6) is 11.5 Å². The van der Waals surface area contributed by atoms with Gasteiger partial charge in [0, 0.05) is 5.02 Å². The van der Waals surface area contributed by atoms with Crippen LogP contribution >= 0.6 is 11.6 Å². The van der Waals surface area contributed by atoms with E-state index in [1.54, 1.807) is 0 Å². The molecular weight excluding hydrogens is 210 g/mol. The lowest BCUT2D eigenvalue weighted by Crippen LogP contribution is -2.01. The number of anilines is 2. The SMILES string of the molecule is Clc1ccc2c(c1)Nc1ccccc1O2. The quantitative estimate of drug-likeness (QED) is 0.610. The van der Waals surface area contributed by atoms with Gasteiger partial charge in [0.05, 0.1) is 11.4 Å². The van der Waals surface area contributed by atoms with E-state index in [9.17, 15) is 0 Å². The highest BCUT2D eigenvalue weighted by atomic mass is 35.5. The van der Waals surface area contributed by atoms with Crippen LogP contribution in [0.4, 0.5) is 11.4 Å². The summed E-state index contributed by atoms with van der Waals surface area (Å²) >= 11 is 5.91. The number of para-hydroxylation sites is 2. The van der Waals surface area contributed by atoms with E-state index in [0.717, 1.165) is 22.9 Å². The van der Waals surface area contributed by atoms with Crippen molar-refractivity contribution in [1.82, 2.24) is 0 Å². The third kappa shape index (κ3) is 1.43. The van der Waals surface area contributed by atoms with Gasteiger partial charge in [0.1, 0.15) is 0 Å². The number of hydrogen-bond acceptors (Lipinski definition) is 2. The maximum atomic E-state index is 5.91. The standard InChI is InChI=1S/C12H8ClNO/c13-8-5-6-12-10(7-8)14-9-3-1-2-4-11(9)15-12/h1-7,14H. The highest BCUT2D eigenvalue weighted by Gasteiger charge is 2.15. The van der Waals surface area contributed by atoms with E-state index in [2.05, 4.69) is 5.32 Å². The Balaban J connectivity index is 2.11. The molecule has 2 nitrogen and oxygen atoms in total. The number of fused-ring (bicyclic) bond motifs is 2. The molecule has 0 saturated heterocycles. The van der Waals surface area contributed by atoms with Gasteiger partial charge >= 0.3 is 0 Å². The molecule has 1 N–H and O–H groups in total. The Morgan fingerprint density at radius 1 is 0.933 bits per heavy atom. The Hall–Kier alpha value is -1.67. The van der Waals surface area contributed by atoms with Crippen LogP contribution in [0, 0.1) is 0 Å². The van der Waals surface area contributed by atoms with Crippen LogP contribution in [0.2, 0.25) is 5.02 Å². The molecule has 15 heavy (non-hydrogen) atoms. The van der Waals surface area contributed by atoms with E-state index in [-0.39, 0.29) is 0 Å². The lowest BCUT2D eigenvalue weighted by atomic mass is 10.2. The first kappa shape index (κ1) is 8.62. The lowest BCUT2D eigenvalue weighted by Gasteiger charge is -2.21. The fourth-order valence-corrected chi connectivity index (χ4v) is 1.78. The summed E-state index contributed by atoms with van der Waals surface area (Å²) in [5.74, 6) is 1.64. The Bertz CT molecular complexity index is 525. The molecule has 1 aliphatic rings. The van der Waals surface area contributed by atoms with E-state index in [1.807, 2.05) is 42.5 Å². The minimum absolute atomic E-state index is 0.698. The zero-order valence-corrected chi connectivity index (χ0v) is 8.58. The number of halogens is 1. The van der Waals surface area contributed by atoms with Crippen molar-refractivity contribution in [2.75, 3.05) is 5.32 Å². The topological polar surface area (TPSA) is 21.3 Å². The second kappa shape index (κ2) is 3.17. The van der Waals surface area contributed by atoms with Crippen LogP contribution in [0.3, 0.4) is 0 Å². The van der Waals surface area contributed by atoms with E-state index < -0.39 is 0 Å². The summed E-state index contributed by atoms with van der Waals surface area (Å²) in [6.07, 6.45) is 0. The van der Waals surface area contributed by atoms with Gasteiger partial charge < -0.3 is 10.1 Å². The van der Waals surface area contributed by atoms with Crippen molar-refractivity contribution in [1.29, 1.82) is 0 Å². The van der Waals surface area contributed by atoms with Crippen LogP contribution in [-0.4, -0.2) is 0 Å². The Morgan fingerprint density at radius 3 is 2.67 bits per heavy atom. The van der Waals surface area contributed by atoms with Gasteiger partial charge in [-0.25, -0.2) is 0 Å². The molecule has 0 amide bonds. The number of benzene rings is 2. The molecule has 0 aromatic heterocycles. The van der Waals surface area contributed by atoms with Crippen molar-refractivity contribution < 1.29 is 4.74 Å². The third-order valence-electron chi connectivity index (χ3n) is 2.32. The number of nitrogens with one attached hydrogen (secondary N) is 1. The van der Waals surface area contributed by atoms with Crippen LogP contribution in [0.1, 0.15) is 0 Å².